The Morgan fingerprint density at radius 3 is 2.74 bits per heavy atom. The van der Waals surface area contributed by atoms with Crippen LogP contribution in [-0.4, -0.2) is 21.1 Å². The minimum absolute atomic E-state index is 0.0325. The quantitative estimate of drug-likeness (QED) is 0.757. The molecule has 0 fully saturated rings. The van der Waals surface area contributed by atoms with Crippen LogP contribution < -0.4 is 5.32 Å². The summed E-state index contributed by atoms with van der Waals surface area (Å²) in [7, 11) is 0. The molecular weight excluding hydrogens is 308 g/mol. The second-order valence-corrected chi connectivity index (χ2v) is 6.23. The summed E-state index contributed by atoms with van der Waals surface area (Å²) >= 11 is 1.56. The van der Waals surface area contributed by atoms with Gasteiger partial charge in [0.1, 0.15) is 5.01 Å². The van der Waals surface area contributed by atoms with Gasteiger partial charge in [0.25, 0.3) is 0 Å². The van der Waals surface area contributed by atoms with Crippen molar-refractivity contribution in [3.8, 4) is 10.6 Å². The standard InChI is InChI=1S/C17H18N4OS/c1-11-15(12(2)21-20-11)9-18-16(22)8-14-10-23-17(19-14)13-6-4-3-5-7-13/h3-7,10H,8-9H2,1-2H3,(H,18,22)(H,20,21). The van der Waals surface area contributed by atoms with Crippen LogP contribution in [0.3, 0.4) is 0 Å². The monoisotopic (exact) mass is 326 g/mol. The van der Waals surface area contributed by atoms with Gasteiger partial charge in [-0.2, -0.15) is 5.10 Å². The summed E-state index contributed by atoms with van der Waals surface area (Å²) in [6, 6.07) is 9.99. The van der Waals surface area contributed by atoms with Gasteiger partial charge < -0.3 is 5.32 Å². The number of benzene rings is 1. The first-order chi connectivity index (χ1) is 11.1. The van der Waals surface area contributed by atoms with Gasteiger partial charge in [0, 0.05) is 28.7 Å². The lowest BCUT2D eigenvalue weighted by Gasteiger charge is -2.04. The number of aromatic amines is 1. The summed E-state index contributed by atoms with van der Waals surface area (Å²) in [5.74, 6) is -0.0325. The third-order valence-electron chi connectivity index (χ3n) is 3.66. The predicted molar refractivity (Wildman–Crippen MR) is 91.2 cm³/mol. The SMILES string of the molecule is Cc1n[nH]c(C)c1CNC(=O)Cc1csc(-c2ccccc2)n1. The van der Waals surface area contributed by atoms with Gasteiger partial charge in [-0.1, -0.05) is 30.3 Å². The van der Waals surface area contributed by atoms with Gasteiger partial charge in [0.2, 0.25) is 5.91 Å². The van der Waals surface area contributed by atoms with Crippen LogP contribution in [0.15, 0.2) is 35.7 Å². The molecule has 2 heterocycles. The summed E-state index contributed by atoms with van der Waals surface area (Å²) in [6.07, 6.45) is 0.291. The number of aryl methyl sites for hydroxylation is 2. The molecular formula is C17H18N4OS. The molecule has 0 radical (unpaired) electrons. The van der Waals surface area contributed by atoms with Crippen molar-refractivity contribution in [1.82, 2.24) is 20.5 Å². The van der Waals surface area contributed by atoms with E-state index in [4.69, 9.17) is 0 Å². The third kappa shape index (κ3) is 3.65. The topological polar surface area (TPSA) is 70.7 Å². The smallest absolute Gasteiger partial charge is 0.226 e. The Kier molecular flexibility index (Phi) is 4.52. The molecule has 0 aliphatic carbocycles. The highest BCUT2D eigenvalue weighted by molar-refractivity contribution is 7.13. The summed E-state index contributed by atoms with van der Waals surface area (Å²) in [5.41, 5.74) is 4.83. The normalized spacial score (nSPS) is 10.7. The highest BCUT2D eigenvalue weighted by Gasteiger charge is 2.11. The molecule has 0 spiro atoms. The Hall–Kier alpha value is -2.47. The molecule has 3 aromatic rings. The number of nitrogens with zero attached hydrogens (tertiary/aromatic N) is 2. The predicted octanol–water partition coefficient (Wildman–Crippen LogP) is 3.01. The number of H-pyrrole nitrogens is 1. The Labute approximate surface area is 138 Å². The molecule has 1 amide bonds. The first kappa shape index (κ1) is 15.4. The minimum Gasteiger partial charge on any atom is -0.352 e. The molecule has 118 valence electrons. The maximum absolute atomic E-state index is 12.1. The first-order valence-corrected chi connectivity index (χ1v) is 8.28. The summed E-state index contributed by atoms with van der Waals surface area (Å²) < 4.78 is 0. The summed E-state index contributed by atoms with van der Waals surface area (Å²) in [5, 5.41) is 12.9. The molecule has 5 nitrogen and oxygen atoms in total. The number of carbonyl (C=O) groups is 1. The molecule has 3 rings (SSSR count). The van der Waals surface area contributed by atoms with Crippen LogP contribution in [0.4, 0.5) is 0 Å². The molecule has 0 aliphatic heterocycles. The largest absolute Gasteiger partial charge is 0.352 e. The molecule has 0 atom stereocenters. The zero-order valence-electron chi connectivity index (χ0n) is 13.1. The Balaban J connectivity index is 1.59. The van der Waals surface area contributed by atoms with E-state index in [0.717, 1.165) is 33.2 Å². The molecule has 6 heteroatoms. The number of nitrogens with one attached hydrogen (secondary N) is 2. The Morgan fingerprint density at radius 1 is 1.26 bits per heavy atom. The number of hydrogen-bond acceptors (Lipinski definition) is 4. The maximum Gasteiger partial charge on any atom is 0.226 e. The van der Waals surface area contributed by atoms with Crippen LogP contribution in [0.25, 0.3) is 10.6 Å². The van der Waals surface area contributed by atoms with E-state index in [1.165, 1.54) is 0 Å². The van der Waals surface area contributed by atoms with Crippen LogP contribution in [-0.2, 0) is 17.8 Å². The minimum atomic E-state index is -0.0325. The fraction of sp³-hybridized carbons (Fsp3) is 0.235. The third-order valence-corrected chi connectivity index (χ3v) is 4.60. The van der Waals surface area contributed by atoms with E-state index < -0.39 is 0 Å². The Bertz CT molecular complexity index is 788. The van der Waals surface area contributed by atoms with Gasteiger partial charge in [-0.15, -0.1) is 11.3 Å². The van der Waals surface area contributed by atoms with Crippen molar-refractivity contribution in [2.75, 3.05) is 0 Å². The van der Waals surface area contributed by atoms with Gasteiger partial charge in [0.15, 0.2) is 0 Å². The lowest BCUT2D eigenvalue weighted by molar-refractivity contribution is -0.120. The molecule has 0 saturated carbocycles. The highest BCUT2D eigenvalue weighted by Crippen LogP contribution is 2.23. The van der Waals surface area contributed by atoms with Crippen molar-refractivity contribution >= 4 is 17.2 Å². The van der Waals surface area contributed by atoms with Gasteiger partial charge in [-0.05, 0) is 13.8 Å². The molecule has 23 heavy (non-hydrogen) atoms. The van der Waals surface area contributed by atoms with Crippen molar-refractivity contribution in [2.45, 2.75) is 26.8 Å². The Morgan fingerprint density at radius 2 is 2.04 bits per heavy atom. The van der Waals surface area contributed by atoms with Crippen molar-refractivity contribution in [1.29, 1.82) is 0 Å². The van der Waals surface area contributed by atoms with E-state index in [1.54, 1.807) is 11.3 Å². The lowest BCUT2D eigenvalue weighted by Crippen LogP contribution is -2.25. The molecule has 0 saturated heterocycles. The van der Waals surface area contributed by atoms with Crippen molar-refractivity contribution in [2.24, 2.45) is 0 Å². The lowest BCUT2D eigenvalue weighted by atomic mass is 10.2. The van der Waals surface area contributed by atoms with Gasteiger partial charge in [-0.3, -0.25) is 9.89 Å². The van der Waals surface area contributed by atoms with Gasteiger partial charge >= 0.3 is 0 Å². The average Bonchev–Trinajstić information content (AvgIpc) is 3.14. The number of thiazole rings is 1. The van der Waals surface area contributed by atoms with Gasteiger partial charge in [0.05, 0.1) is 17.8 Å². The molecule has 2 N–H and O–H groups in total. The molecule has 0 unspecified atom stereocenters. The van der Waals surface area contributed by atoms with Crippen molar-refractivity contribution < 1.29 is 4.79 Å². The number of rotatable bonds is 5. The second kappa shape index (κ2) is 6.75. The van der Waals surface area contributed by atoms with E-state index in [9.17, 15) is 4.79 Å². The van der Waals surface area contributed by atoms with Crippen molar-refractivity contribution in [3.63, 3.8) is 0 Å². The summed E-state index contributed by atoms with van der Waals surface area (Å²) in [4.78, 5) is 16.6. The molecule has 1 aromatic carbocycles. The first-order valence-electron chi connectivity index (χ1n) is 7.40. The number of amides is 1. The van der Waals surface area contributed by atoms with Gasteiger partial charge in [-0.25, -0.2) is 4.98 Å². The number of carbonyl (C=O) groups excluding carboxylic acids is 1. The van der Waals surface area contributed by atoms with E-state index in [0.29, 0.717) is 13.0 Å². The molecule has 0 aliphatic rings. The van der Waals surface area contributed by atoms with Crippen LogP contribution in [0.1, 0.15) is 22.6 Å². The van der Waals surface area contributed by atoms with E-state index in [1.807, 2.05) is 49.6 Å². The second-order valence-electron chi connectivity index (χ2n) is 5.38. The summed E-state index contributed by atoms with van der Waals surface area (Å²) in [6.45, 7) is 4.37. The zero-order chi connectivity index (χ0) is 16.2. The van der Waals surface area contributed by atoms with E-state index in [2.05, 4.69) is 20.5 Å². The number of hydrogen-bond donors (Lipinski definition) is 2. The van der Waals surface area contributed by atoms with Crippen LogP contribution in [0.2, 0.25) is 0 Å². The van der Waals surface area contributed by atoms with E-state index in [-0.39, 0.29) is 5.91 Å². The number of aromatic nitrogens is 3. The van der Waals surface area contributed by atoms with Crippen LogP contribution in [0, 0.1) is 13.8 Å². The van der Waals surface area contributed by atoms with Crippen molar-refractivity contribution in [3.05, 3.63) is 58.4 Å². The highest BCUT2D eigenvalue weighted by atomic mass is 32.1. The van der Waals surface area contributed by atoms with Crippen LogP contribution >= 0.6 is 11.3 Å². The maximum atomic E-state index is 12.1. The zero-order valence-corrected chi connectivity index (χ0v) is 13.9. The fourth-order valence-corrected chi connectivity index (χ4v) is 3.18. The van der Waals surface area contributed by atoms with E-state index >= 15 is 0 Å². The molecule has 0 bridgehead atoms. The average molecular weight is 326 g/mol. The molecule has 2 aromatic heterocycles. The fourth-order valence-electron chi connectivity index (χ4n) is 2.35. The van der Waals surface area contributed by atoms with Crippen LogP contribution in [0.5, 0.6) is 0 Å².